The van der Waals surface area contributed by atoms with E-state index in [4.69, 9.17) is 0 Å². The average molecular weight is 277 g/mol. The molecule has 6 heteroatoms. The van der Waals surface area contributed by atoms with Crippen molar-refractivity contribution in [2.45, 2.75) is 39.2 Å². The maximum atomic E-state index is 11.4. The molecule has 1 aliphatic heterocycles. The van der Waals surface area contributed by atoms with Crippen LogP contribution in [-0.4, -0.2) is 27.1 Å². The summed E-state index contributed by atoms with van der Waals surface area (Å²) in [5.41, 5.74) is 1.09. The first-order chi connectivity index (χ1) is 9.02. The topological polar surface area (TPSA) is 75.1 Å². The van der Waals surface area contributed by atoms with E-state index in [1.54, 1.807) is 11.3 Å². The number of thiophene rings is 1. The highest BCUT2D eigenvalue weighted by atomic mass is 32.1. The van der Waals surface area contributed by atoms with E-state index in [-0.39, 0.29) is 5.92 Å². The SMILES string of the molecule is CCc1nc2c3c(c(C)sc3n1)C(C)C(C(=O)O)N2. The predicted molar refractivity (Wildman–Crippen MR) is 75.0 cm³/mol. The van der Waals surface area contributed by atoms with E-state index in [1.807, 2.05) is 20.8 Å². The standard InChI is InChI=1S/C13H15N3O2S/c1-4-7-14-11-9-8(6(3)19-12(9)15-7)5(2)10(16-11)13(17)18/h5,10H,4H2,1-3H3,(H,17,18)(H,14,15,16). The van der Waals surface area contributed by atoms with E-state index in [9.17, 15) is 9.90 Å². The molecule has 2 atom stereocenters. The highest BCUT2D eigenvalue weighted by molar-refractivity contribution is 7.18. The highest BCUT2D eigenvalue weighted by Crippen LogP contribution is 2.43. The third-order valence-electron chi connectivity index (χ3n) is 3.65. The van der Waals surface area contributed by atoms with Crippen LogP contribution < -0.4 is 5.32 Å². The van der Waals surface area contributed by atoms with Crippen molar-refractivity contribution in [3.63, 3.8) is 0 Å². The number of nitrogens with one attached hydrogen (secondary N) is 1. The highest BCUT2D eigenvalue weighted by Gasteiger charge is 2.35. The molecule has 2 aromatic heterocycles. The number of aryl methyl sites for hydroxylation is 2. The monoisotopic (exact) mass is 277 g/mol. The molecule has 3 rings (SSSR count). The van der Waals surface area contributed by atoms with Crippen molar-refractivity contribution in [3.05, 3.63) is 16.3 Å². The van der Waals surface area contributed by atoms with Gasteiger partial charge in [-0.1, -0.05) is 13.8 Å². The van der Waals surface area contributed by atoms with Crippen LogP contribution in [0.4, 0.5) is 5.82 Å². The Labute approximate surface area is 114 Å². The van der Waals surface area contributed by atoms with Gasteiger partial charge >= 0.3 is 5.97 Å². The van der Waals surface area contributed by atoms with Gasteiger partial charge in [0.25, 0.3) is 0 Å². The first kappa shape index (κ1) is 12.3. The minimum Gasteiger partial charge on any atom is -0.480 e. The second-order valence-corrected chi connectivity index (χ2v) is 6.05. The maximum absolute atomic E-state index is 11.4. The fraction of sp³-hybridized carbons (Fsp3) is 0.462. The van der Waals surface area contributed by atoms with E-state index in [0.717, 1.165) is 32.9 Å². The number of aromatic nitrogens is 2. The zero-order valence-electron chi connectivity index (χ0n) is 11.0. The van der Waals surface area contributed by atoms with E-state index >= 15 is 0 Å². The Kier molecular flexibility index (Phi) is 2.70. The number of hydrogen-bond acceptors (Lipinski definition) is 5. The fourth-order valence-corrected chi connectivity index (χ4v) is 3.85. The van der Waals surface area contributed by atoms with Gasteiger partial charge in [-0.15, -0.1) is 11.3 Å². The summed E-state index contributed by atoms with van der Waals surface area (Å²) in [5, 5.41) is 13.4. The Balaban J connectivity index is 2.30. The molecule has 0 amide bonds. The molecule has 2 N–H and O–H groups in total. The van der Waals surface area contributed by atoms with Gasteiger partial charge < -0.3 is 10.4 Å². The molecule has 0 spiro atoms. The molecular weight excluding hydrogens is 262 g/mol. The summed E-state index contributed by atoms with van der Waals surface area (Å²) >= 11 is 1.62. The van der Waals surface area contributed by atoms with Gasteiger partial charge in [-0.3, -0.25) is 0 Å². The van der Waals surface area contributed by atoms with Crippen molar-refractivity contribution < 1.29 is 9.90 Å². The quantitative estimate of drug-likeness (QED) is 0.882. The largest absolute Gasteiger partial charge is 0.480 e. The minimum atomic E-state index is -0.839. The van der Waals surface area contributed by atoms with Gasteiger partial charge in [0.15, 0.2) is 0 Å². The number of anilines is 1. The molecule has 0 aliphatic carbocycles. The minimum absolute atomic E-state index is 0.0742. The number of carbonyl (C=O) groups is 1. The van der Waals surface area contributed by atoms with Crippen LogP contribution in [0.2, 0.25) is 0 Å². The molecule has 0 bridgehead atoms. The Morgan fingerprint density at radius 2 is 2.21 bits per heavy atom. The van der Waals surface area contributed by atoms with Crippen LogP contribution in [0.3, 0.4) is 0 Å². The summed E-state index contributed by atoms with van der Waals surface area (Å²) in [5.74, 6) is 0.511. The summed E-state index contributed by atoms with van der Waals surface area (Å²) in [7, 11) is 0. The normalized spacial score (nSPS) is 21.4. The lowest BCUT2D eigenvalue weighted by atomic mass is 9.88. The van der Waals surface area contributed by atoms with Gasteiger partial charge in [0.2, 0.25) is 0 Å². The molecule has 0 saturated heterocycles. The van der Waals surface area contributed by atoms with Crippen LogP contribution in [0, 0.1) is 6.92 Å². The lowest BCUT2D eigenvalue weighted by Gasteiger charge is -2.28. The van der Waals surface area contributed by atoms with E-state index < -0.39 is 12.0 Å². The second kappa shape index (κ2) is 4.16. The van der Waals surface area contributed by atoms with Gasteiger partial charge in [-0.2, -0.15) is 0 Å². The number of carboxylic acids is 1. The summed E-state index contributed by atoms with van der Waals surface area (Å²) in [6, 6.07) is -0.622. The van der Waals surface area contributed by atoms with Crippen molar-refractivity contribution in [3.8, 4) is 0 Å². The molecule has 1 aliphatic rings. The van der Waals surface area contributed by atoms with Crippen molar-refractivity contribution in [2.24, 2.45) is 0 Å². The molecule has 3 heterocycles. The van der Waals surface area contributed by atoms with Gasteiger partial charge in [0.1, 0.15) is 22.5 Å². The Bertz CT molecular complexity index is 680. The van der Waals surface area contributed by atoms with Gasteiger partial charge in [-0.05, 0) is 12.5 Å². The first-order valence-corrected chi connectivity index (χ1v) is 7.13. The summed E-state index contributed by atoms with van der Waals surface area (Å²) in [4.78, 5) is 22.5. The Morgan fingerprint density at radius 1 is 1.47 bits per heavy atom. The fourth-order valence-electron chi connectivity index (χ4n) is 2.70. The third-order valence-corrected chi connectivity index (χ3v) is 4.67. The van der Waals surface area contributed by atoms with Crippen LogP contribution in [0.1, 0.15) is 36.0 Å². The molecule has 2 aromatic rings. The van der Waals surface area contributed by atoms with E-state index in [0.29, 0.717) is 5.82 Å². The van der Waals surface area contributed by atoms with Crippen LogP contribution in [0.25, 0.3) is 10.2 Å². The van der Waals surface area contributed by atoms with Crippen LogP contribution in [0.5, 0.6) is 0 Å². The van der Waals surface area contributed by atoms with Crippen molar-refractivity contribution in [1.82, 2.24) is 9.97 Å². The third kappa shape index (κ3) is 1.70. The van der Waals surface area contributed by atoms with Crippen molar-refractivity contribution >= 4 is 33.3 Å². The predicted octanol–water partition coefficient (Wildman–Crippen LogP) is 2.54. The maximum Gasteiger partial charge on any atom is 0.326 e. The molecule has 0 fully saturated rings. The summed E-state index contributed by atoms with van der Waals surface area (Å²) in [6.07, 6.45) is 0.740. The van der Waals surface area contributed by atoms with E-state index in [1.165, 1.54) is 0 Å². The second-order valence-electron chi connectivity index (χ2n) is 4.84. The molecule has 0 aromatic carbocycles. The molecular formula is C13H15N3O2S. The van der Waals surface area contributed by atoms with Gasteiger partial charge in [0.05, 0.1) is 5.39 Å². The summed E-state index contributed by atoms with van der Waals surface area (Å²) in [6.45, 7) is 5.96. The summed E-state index contributed by atoms with van der Waals surface area (Å²) < 4.78 is 0. The molecule has 0 radical (unpaired) electrons. The van der Waals surface area contributed by atoms with Crippen LogP contribution >= 0.6 is 11.3 Å². The first-order valence-electron chi connectivity index (χ1n) is 6.32. The van der Waals surface area contributed by atoms with Crippen LogP contribution in [-0.2, 0) is 11.2 Å². The number of aliphatic carboxylic acids is 1. The lowest BCUT2D eigenvalue weighted by Crippen LogP contribution is -2.37. The van der Waals surface area contributed by atoms with E-state index in [2.05, 4.69) is 15.3 Å². The van der Waals surface area contributed by atoms with Crippen LogP contribution in [0.15, 0.2) is 0 Å². The van der Waals surface area contributed by atoms with Gasteiger partial charge in [-0.25, -0.2) is 14.8 Å². The molecule has 0 saturated carbocycles. The zero-order valence-corrected chi connectivity index (χ0v) is 11.8. The average Bonchev–Trinajstić information content (AvgIpc) is 2.70. The van der Waals surface area contributed by atoms with Crippen molar-refractivity contribution in [2.75, 3.05) is 5.32 Å². The zero-order chi connectivity index (χ0) is 13.7. The Morgan fingerprint density at radius 3 is 2.84 bits per heavy atom. The van der Waals surface area contributed by atoms with Crippen molar-refractivity contribution in [1.29, 1.82) is 0 Å². The molecule has 5 nitrogen and oxygen atoms in total. The Hall–Kier alpha value is -1.69. The number of carboxylic acid groups (broad SMARTS) is 1. The molecule has 2 unspecified atom stereocenters. The smallest absolute Gasteiger partial charge is 0.326 e. The number of hydrogen-bond donors (Lipinski definition) is 2. The number of rotatable bonds is 2. The molecule has 19 heavy (non-hydrogen) atoms. The number of nitrogens with zero attached hydrogens (tertiary/aromatic N) is 2. The van der Waals surface area contributed by atoms with Gasteiger partial charge in [0, 0.05) is 17.2 Å². The molecule has 100 valence electrons. The lowest BCUT2D eigenvalue weighted by molar-refractivity contribution is -0.138.